The van der Waals surface area contributed by atoms with E-state index in [1.807, 2.05) is 54.7 Å². The van der Waals surface area contributed by atoms with Gasteiger partial charge in [-0.3, -0.25) is 4.99 Å². The summed E-state index contributed by atoms with van der Waals surface area (Å²) in [6, 6.07) is 15.7. The molecule has 0 fully saturated rings. The minimum Gasteiger partial charge on any atom is -0.489 e. The molecule has 0 bridgehead atoms. The van der Waals surface area contributed by atoms with Gasteiger partial charge >= 0.3 is 0 Å². The van der Waals surface area contributed by atoms with Gasteiger partial charge in [0.2, 0.25) is 0 Å². The summed E-state index contributed by atoms with van der Waals surface area (Å²) < 4.78 is 5.77. The van der Waals surface area contributed by atoms with Gasteiger partial charge in [0.25, 0.3) is 0 Å². The molecule has 0 N–H and O–H groups in total. The molecule has 23 heavy (non-hydrogen) atoms. The maximum Gasteiger partial charge on any atom is 0.119 e. The maximum atomic E-state index is 5.87. The minimum absolute atomic E-state index is 0.544. The Kier molecular flexibility index (Phi) is 7.68. The van der Waals surface area contributed by atoms with E-state index in [-0.39, 0.29) is 0 Å². The molecule has 0 unspecified atom stereocenters. The van der Waals surface area contributed by atoms with Crippen molar-refractivity contribution < 1.29 is 4.74 Å². The molecule has 0 radical (unpaired) electrons. The first-order chi connectivity index (χ1) is 11.3. The number of ether oxygens (including phenoxy) is 1. The van der Waals surface area contributed by atoms with Gasteiger partial charge in [0.1, 0.15) is 12.4 Å². The topological polar surface area (TPSA) is 21.6 Å². The second-order valence-corrected chi connectivity index (χ2v) is 6.02. The summed E-state index contributed by atoms with van der Waals surface area (Å²) in [4.78, 5) is 4.47. The summed E-state index contributed by atoms with van der Waals surface area (Å²) in [5.41, 5.74) is 2.21. The highest BCUT2D eigenvalue weighted by molar-refractivity contribution is 6.30. The van der Waals surface area contributed by atoms with E-state index in [0.717, 1.165) is 28.4 Å². The summed E-state index contributed by atoms with van der Waals surface area (Å²) in [6.07, 6.45) is 6.95. The molecule has 0 aliphatic heterocycles. The van der Waals surface area contributed by atoms with Crippen LogP contribution in [0.1, 0.15) is 43.7 Å². The van der Waals surface area contributed by atoms with E-state index in [1.54, 1.807) is 0 Å². The molecule has 0 aromatic heterocycles. The summed E-state index contributed by atoms with van der Waals surface area (Å²) in [5.74, 6) is 0.861. The lowest BCUT2D eigenvalue weighted by molar-refractivity contribution is 0.306. The second kappa shape index (κ2) is 10.1. The first-order valence-electron chi connectivity index (χ1n) is 8.25. The third kappa shape index (κ3) is 6.87. The van der Waals surface area contributed by atoms with Gasteiger partial charge in [0, 0.05) is 17.8 Å². The van der Waals surface area contributed by atoms with Gasteiger partial charge in [-0.1, -0.05) is 49.9 Å². The van der Waals surface area contributed by atoms with Crippen molar-refractivity contribution in [2.75, 3.05) is 6.54 Å². The highest BCUT2D eigenvalue weighted by Crippen LogP contribution is 2.15. The van der Waals surface area contributed by atoms with Crippen molar-refractivity contribution in [3.05, 3.63) is 64.7 Å². The number of hydrogen-bond acceptors (Lipinski definition) is 2. The molecule has 3 heteroatoms. The van der Waals surface area contributed by atoms with E-state index in [4.69, 9.17) is 16.3 Å². The number of benzene rings is 2. The van der Waals surface area contributed by atoms with Crippen LogP contribution in [0.4, 0.5) is 0 Å². The zero-order valence-corrected chi connectivity index (χ0v) is 14.4. The molecule has 2 nitrogen and oxygen atoms in total. The third-order valence-electron chi connectivity index (χ3n) is 3.58. The van der Waals surface area contributed by atoms with Gasteiger partial charge < -0.3 is 4.74 Å². The molecule has 0 spiro atoms. The Morgan fingerprint density at radius 2 is 1.70 bits per heavy atom. The van der Waals surface area contributed by atoms with Crippen molar-refractivity contribution in [3.8, 4) is 5.75 Å². The molecule has 0 saturated heterocycles. The molecular weight excluding hydrogens is 306 g/mol. The van der Waals surface area contributed by atoms with Crippen LogP contribution in [-0.2, 0) is 6.61 Å². The standard InChI is InChI=1S/C20H24ClNO/c1-2-3-4-5-14-22-15-17-8-12-20(13-9-17)23-16-18-6-10-19(21)11-7-18/h6-13,15H,2-5,14,16H2,1H3/b22-15+. The van der Waals surface area contributed by atoms with Crippen LogP contribution in [0.5, 0.6) is 5.75 Å². The van der Waals surface area contributed by atoms with Crippen molar-refractivity contribution >= 4 is 17.8 Å². The fourth-order valence-electron chi connectivity index (χ4n) is 2.20. The Labute approximate surface area is 144 Å². The monoisotopic (exact) mass is 329 g/mol. The van der Waals surface area contributed by atoms with Crippen molar-refractivity contribution in [3.63, 3.8) is 0 Å². The van der Waals surface area contributed by atoms with Gasteiger partial charge in [-0.05, 0) is 53.9 Å². The lowest BCUT2D eigenvalue weighted by Crippen LogP contribution is -1.95. The Hall–Kier alpha value is -1.80. The molecule has 0 atom stereocenters. The maximum absolute atomic E-state index is 5.87. The van der Waals surface area contributed by atoms with Gasteiger partial charge in [-0.15, -0.1) is 0 Å². The highest BCUT2D eigenvalue weighted by Gasteiger charge is 1.97. The van der Waals surface area contributed by atoms with E-state index < -0.39 is 0 Å². The van der Waals surface area contributed by atoms with Crippen LogP contribution in [0.15, 0.2) is 53.5 Å². The highest BCUT2D eigenvalue weighted by atomic mass is 35.5. The number of aliphatic imine (C=N–C) groups is 1. The molecule has 2 aromatic rings. The molecule has 0 saturated carbocycles. The van der Waals surface area contributed by atoms with E-state index in [1.165, 1.54) is 25.7 Å². The van der Waals surface area contributed by atoms with Crippen LogP contribution in [0.2, 0.25) is 5.02 Å². The summed E-state index contributed by atoms with van der Waals surface area (Å²) in [7, 11) is 0. The molecule has 122 valence electrons. The largest absolute Gasteiger partial charge is 0.489 e. The quantitative estimate of drug-likeness (QED) is 0.413. The number of rotatable bonds is 9. The normalized spacial score (nSPS) is 11.0. The third-order valence-corrected chi connectivity index (χ3v) is 3.83. The molecule has 0 aliphatic carbocycles. The first-order valence-corrected chi connectivity index (χ1v) is 8.63. The number of halogens is 1. The molecule has 2 aromatic carbocycles. The van der Waals surface area contributed by atoms with Crippen LogP contribution < -0.4 is 4.74 Å². The first kappa shape index (κ1) is 17.6. The zero-order chi connectivity index (χ0) is 16.3. The van der Waals surface area contributed by atoms with Gasteiger partial charge in [0.15, 0.2) is 0 Å². The molecule has 0 amide bonds. The predicted octanol–water partition coefficient (Wildman–Crippen LogP) is 5.92. The van der Waals surface area contributed by atoms with Crippen LogP contribution in [0.25, 0.3) is 0 Å². The second-order valence-electron chi connectivity index (χ2n) is 5.58. The van der Waals surface area contributed by atoms with E-state index in [0.29, 0.717) is 6.61 Å². The van der Waals surface area contributed by atoms with Crippen LogP contribution >= 0.6 is 11.6 Å². The molecule has 0 aliphatic rings. The average Bonchev–Trinajstić information content (AvgIpc) is 2.58. The summed E-state index contributed by atoms with van der Waals surface area (Å²) in [5, 5.41) is 0.743. The smallest absolute Gasteiger partial charge is 0.119 e. The minimum atomic E-state index is 0.544. The molecular formula is C20H24ClNO. The van der Waals surface area contributed by atoms with Crippen molar-refractivity contribution in [1.82, 2.24) is 0 Å². The van der Waals surface area contributed by atoms with E-state index in [9.17, 15) is 0 Å². The van der Waals surface area contributed by atoms with Gasteiger partial charge in [-0.2, -0.15) is 0 Å². The predicted molar refractivity (Wildman–Crippen MR) is 98.8 cm³/mol. The van der Waals surface area contributed by atoms with E-state index >= 15 is 0 Å². The lowest BCUT2D eigenvalue weighted by atomic mass is 10.2. The van der Waals surface area contributed by atoms with Crippen LogP contribution in [0.3, 0.4) is 0 Å². The fourth-order valence-corrected chi connectivity index (χ4v) is 2.32. The van der Waals surface area contributed by atoms with E-state index in [2.05, 4.69) is 11.9 Å². The molecule has 2 rings (SSSR count). The lowest BCUT2D eigenvalue weighted by Gasteiger charge is -2.06. The number of unbranched alkanes of at least 4 members (excludes halogenated alkanes) is 3. The van der Waals surface area contributed by atoms with Crippen molar-refractivity contribution in [1.29, 1.82) is 0 Å². The zero-order valence-electron chi connectivity index (χ0n) is 13.7. The Morgan fingerprint density at radius 3 is 2.39 bits per heavy atom. The SMILES string of the molecule is CCCCCC/N=C/c1ccc(OCc2ccc(Cl)cc2)cc1. The van der Waals surface area contributed by atoms with Gasteiger partial charge in [-0.25, -0.2) is 0 Å². The summed E-state index contributed by atoms with van der Waals surface area (Å²) in [6.45, 7) is 3.68. The average molecular weight is 330 g/mol. The summed E-state index contributed by atoms with van der Waals surface area (Å²) >= 11 is 5.87. The number of hydrogen-bond donors (Lipinski definition) is 0. The fraction of sp³-hybridized carbons (Fsp3) is 0.350. The Bertz CT molecular complexity index is 590. The van der Waals surface area contributed by atoms with Crippen LogP contribution in [-0.4, -0.2) is 12.8 Å². The van der Waals surface area contributed by atoms with Crippen molar-refractivity contribution in [2.45, 2.75) is 39.2 Å². The Balaban J connectivity index is 1.75. The van der Waals surface area contributed by atoms with Crippen LogP contribution in [0, 0.1) is 0 Å². The Morgan fingerprint density at radius 1 is 0.957 bits per heavy atom. The van der Waals surface area contributed by atoms with Gasteiger partial charge in [0.05, 0.1) is 0 Å². The number of nitrogens with zero attached hydrogens (tertiary/aromatic N) is 1. The molecule has 0 heterocycles. The van der Waals surface area contributed by atoms with Crippen molar-refractivity contribution in [2.24, 2.45) is 4.99 Å².